The Bertz CT molecular complexity index is 1040. The number of carbonyl (C=O) groups excluding carboxylic acids is 1. The molecule has 136 valence electrons. The topological polar surface area (TPSA) is 68.5 Å². The Morgan fingerprint density at radius 2 is 2.07 bits per heavy atom. The summed E-state index contributed by atoms with van der Waals surface area (Å²) in [6.07, 6.45) is 4.90. The molecule has 0 saturated carbocycles. The number of amides is 1. The average Bonchev–Trinajstić information content (AvgIpc) is 3.36. The summed E-state index contributed by atoms with van der Waals surface area (Å²) in [4.78, 5) is 23.3. The minimum absolute atomic E-state index is 0.235. The van der Waals surface area contributed by atoms with Gasteiger partial charge in [0, 0.05) is 12.4 Å². The number of hydrogen-bond acceptors (Lipinski definition) is 6. The van der Waals surface area contributed by atoms with E-state index >= 15 is 0 Å². The number of carbonyl (C=O) groups is 1. The standard InChI is InChI=1S/C20H17N3O3S/c1-2-25-15-5-6-16-18(12-15)27-20(22-16)23(13-14-7-9-21-10-8-14)19(24)17-4-3-11-26-17/h3-12H,2,13H2,1H3. The SMILES string of the molecule is CCOc1ccc2nc(N(Cc3ccncc3)C(=O)c3ccco3)sc2c1. The van der Waals surface area contributed by atoms with E-state index in [1.807, 2.05) is 37.3 Å². The summed E-state index contributed by atoms with van der Waals surface area (Å²) >= 11 is 1.45. The maximum Gasteiger partial charge on any atom is 0.296 e. The van der Waals surface area contributed by atoms with E-state index < -0.39 is 0 Å². The molecule has 0 fully saturated rings. The summed E-state index contributed by atoms with van der Waals surface area (Å²) in [6, 6.07) is 12.8. The second-order valence-corrected chi connectivity index (χ2v) is 6.79. The molecule has 0 spiro atoms. The van der Waals surface area contributed by atoms with Crippen molar-refractivity contribution in [2.45, 2.75) is 13.5 Å². The summed E-state index contributed by atoms with van der Waals surface area (Å²) in [5, 5.41) is 0.608. The molecule has 0 aliphatic rings. The van der Waals surface area contributed by atoms with Crippen molar-refractivity contribution in [2.24, 2.45) is 0 Å². The van der Waals surface area contributed by atoms with Gasteiger partial charge in [-0.15, -0.1) is 0 Å². The van der Waals surface area contributed by atoms with E-state index in [9.17, 15) is 4.79 Å². The number of thiazole rings is 1. The number of rotatable bonds is 6. The van der Waals surface area contributed by atoms with Crippen molar-refractivity contribution < 1.29 is 13.9 Å². The summed E-state index contributed by atoms with van der Waals surface area (Å²) in [7, 11) is 0. The van der Waals surface area contributed by atoms with Crippen LogP contribution in [0.2, 0.25) is 0 Å². The first-order valence-corrected chi connectivity index (χ1v) is 9.34. The number of furan rings is 1. The van der Waals surface area contributed by atoms with E-state index in [4.69, 9.17) is 9.15 Å². The number of nitrogens with zero attached hydrogens (tertiary/aromatic N) is 3. The van der Waals surface area contributed by atoms with Crippen LogP contribution >= 0.6 is 11.3 Å². The van der Waals surface area contributed by atoms with E-state index in [1.54, 1.807) is 29.4 Å². The molecule has 7 heteroatoms. The zero-order valence-electron chi connectivity index (χ0n) is 14.7. The third-order valence-electron chi connectivity index (χ3n) is 3.96. The fourth-order valence-corrected chi connectivity index (χ4v) is 3.69. The van der Waals surface area contributed by atoms with E-state index in [2.05, 4.69) is 9.97 Å². The largest absolute Gasteiger partial charge is 0.494 e. The van der Waals surface area contributed by atoms with Gasteiger partial charge in [0.2, 0.25) is 0 Å². The lowest BCUT2D eigenvalue weighted by Gasteiger charge is -2.18. The number of anilines is 1. The van der Waals surface area contributed by atoms with Crippen molar-refractivity contribution in [2.75, 3.05) is 11.5 Å². The third kappa shape index (κ3) is 3.68. The number of ether oxygens (including phenoxy) is 1. The van der Waals surface area contributed by atoms with Crippen LogP contribution in [0.25, 0.3) is 10.2 Å². The van der Waals surface area contributed by atoms with Crippen LogP contribution in [0.4, 0.5) is 5.13 Å². The lowest BCUT2D eigenvalue weighted by Crippen LogP contribution is -2.30. The van der Waals surface area contributed by atoms with E-state index in [1.165, 1.54) is 17.6 Å². The van der Waals surface area contributed by atoms with E-state index in [0.29, 0.717) is 18.3 Å². The van der Waals surface area contributed by atoms with Crippen LogP contribution < -0.4 is 9.64 Å². The molecule has 0 unspecified atom stereocenters. The van der Waals surface area contributed by atoms with E-state index in [-0.39, 0.29) is 11.7 Å². The lowest BCUT2D eigenvalue weighted by atomic mass is 10.2. The Morgan fingerprint density at radius 3 is 2.81 bits per heavy atom. The number of aromatic nitrogens is 2. The molecular formula is C20H17N3O3S. The second kappa shape index (κ2) is 7.59. The van der Waals surface area contributed by atoms with Gasteiger partial charge >= 0.3 is 0 Å². The van der Waals surface area contributed by atoms with Crippen molar-refractivity contribution in [1.82, 2.24) is 9.97 Å². The molecular weight excluding hydrogens is 362 g/mol. The highest BCUT2D eigenvalue weighted by Gasteiger charge is 2.23. The zero-order chi connectivity index (χ0) is 18.6. The fraction of sp³-hybridized carbons (Fsp3) is 0.150. The van der Waals surface area contributed by atoms with Gasteiger partial charge < -0.3 is 9.15 Å². The normalized spacial score (nSPS) is 10.9. The van der Waals surface area contributed by atoms with Gasteiger partial charge in [0.05, 0.1) is 29.6 Å². The van der Waals surface area contributed by atoms with Crippen LogP contribution in [-0.2, 0) is 6.54 Å². The van der Waals surface area contributed by atoms with Gasteiger partial charge in [-0.1, -0.05) is 11.3 Å². The van der Waals surface area contributed by atoms with Crippen molar-refractivity contribution in [1.29, 1.82) is 0 Å². The summed E-state index contributed by atoms with van der Waals surface area (Å²) in [6.45, 7) is 2.92. The van der Waals surface area contributed by atoms with Crippen molar-refractivity contribution >= 4 is 32.6 Å². The molecule has 27 heavy (non-hydrogen) atoms. The summed E-state index contributed by atoms with van der Waals surface area (Å²) in [5.74, 6) is 0.831. The summed E-state index contributed by atoms with van der Waals surface area (Å²) in [5.41, 5.74) is 1.78. The number of pyridine rings is 1. The highest BCUT2D eigenvalue weighted by Crippen LogP contribution is 2.33. The van der Waals surface area contributed by atoms with Crippen LogP contribution in [0, 0.1) is 0 Å². The van der Waals surface area contributed by atoms with Gasteiger partial charge in [0.15, 0.2) is 10.9 Å². The first-order chi connectivity index (χ1) is 13.2. The quantitative estimate of drug-likeness (QED) is 0.492. The molecule has 0 bridgehead atoms. The molecule has 1 amide bonds. The van der Waals surface area contributed by atoms with Gasteiger partial charge in [-0.3, -0.25) is 14.7 Å². The monoisotopic (exact) mass is 379 g/mol. The number of fused-ring (bicyclic) bond motifs is 1. The molecule has 0 aliphatic heterocycles. The Kier molecular flexibility index (Phi) is 4.84. The molecule has 0 aliphatic carbocycles. The summed E-state index contributed by atoms with van der Waals surface area (Å²) < 4.78 is 11.8. The first-order valence-electron chi connectivity index (χ1n) is 8.52. The maximum atomic E-state index is 13.0. The van der Waals surface area contributed by atoms with Crippen molar-refractivity contribution in [3.8, 4) is 5.75 Å². The molecule has 0 atom stereocenters. The molecule has 3 aromatic heterocycles. The van der Waals surface area contributed by atoms with Crippen LogP contribution in [-0.4, -0.2) is 22.5 Å². The van der Waals surface area contributed by atoms with Gasteiger partial charge in [-0.05, 0) is 55.0 Å². The zero-order valence-corrected chi connectivity index (χ0v) is 15.5. The Labute approximate surface area is 160 Å². The highest BCUT2D eigenvalue weighted by molar-refractivity contribution is 7.22. The van der Waals surface area contributed by atoms with Gasteiger partial charge in [-0.2, -0.15) is 0 Å². The Morgan fingerprint density at radius 1 is 1.22 bits per heavy atom. The molecule has 4 aromatic rings. The third-order valence-corrected chi connectivity index (χ3v) is 5.00. The van der Waals surface area contributed by atoms with E-state index in [0.717, 1.165) is 21.5 Å². The van der Waals surface area contributed by atoms with Crippen molar-refractivity contribution in [3.05, 3.63) is 72.4 Å². The van der Waals surface area contributed by atoms with Crippen LogP contribution in [0.5, 0.6) is 5.75 Å². The molecule has 6 nitrogen and oxygen atoms in total. The fourth-order valence-electron chi connectivity index (χ4n) is 2.70. The number of benzene rings is 1. The Hall–Kier alpha value is -3.19. The molecule has 4 rings (SSSR count). The predicted molar refractivity (Wildman–Crippen MR) is 104 cm³/mol. The van der Waals surface area contributed by atoms with Crippen LogP contribution in [0.1, 0.15) is 23.0 Å². The lowest BCUT2D eigenvalue weighted by molar-refractivity contribution is 0.0958. The number of hydrogen-bond donors (Lipinski definition) is 0. The first kappa shape index (κ1) is 17.2. The average molecular weight is 379 g/mol. The molecule has 1 aromatic carbocycles. The molecule has 0 N–H and O–H groups in total. The highest BCUT2D eigenvalue weighted by atomic mass is 32.1. The molecule has 0 radical (unpaired) electrons. The smallest absolute Gasteiger partial charge is 0.296 e. The van der Waals surface area contributed by atoms with Gasteiger partial charge in [0.25, 0.3) is 5.91 Å². The Balaban J connectivity index is 1.73. The minimum Gasteiger partial charge on any atom is -0.494 e. The molecule has 0 saturated heterocycles. The predicted octanol–water partition coefficient (Wildman–Crippen LogP) is 4.53. The minimum atomic E-state index is -0.235. The van der Waals surface area contributed by atoms with Gasteiger partial charge in [-0.25, -0.2) is 4.98 Å². The van der Waals surface area contributed by atoms with Gasteiger partial charge in [0.1, 0.15) is 5.75 Å². The second-order valence-electron chi connectivity index (χ2n) is 5.78. The maximum absolute atomic E-state index is 13.0. The van der Waals surface area contributed by atoms with Crippen LogP contribution in [0.3, 0.4) is 0 Å². The van der Waals surface area contributed by atoms with Crippen molar-refractivity contribution in [3.63, 3.8) is 0 Å². The van der Waals surface area contributed by atoms with Crippen LogP contribution in [0.15, 0.2) is 65.5 Å². The molecule has 3 heterocycles.